The number of hydrogen-bond donors (Lipinski definition) is 2. The van der Waals surface area contributed by atoms with E-state index in [4.69, 9.17) is 4.74 Å². The first-order valence-electron chi connectivity index (χ1n) is 5.93. The van der Waals surface area contributed by atoms with E-state index in [1.54, 1.807) is 0 Å². The maximum atomic E-state index is 11.4. The molecule has 1 aliphatic heterocycles. The molecule has 1 aliphatic carbocycles. The monoisotopic (exact) mass is 212 g/mol. The second-order valence-corrected chi connectivity index (χ2v) is 4.53. The Labute approximate surface area is 90.8 Å². The van der Waals surface area contributed by atoms with Crippen LogP contribution in [0.4, 0.5) is 0 Å². The van der Waals surface area contributed by atoms with Gasteiger partial charge in [-0.3, -0.25) is 4.79 Å². The molecule has 2 fully saturated rings. The number of piperidine rings is 1. The van der Waals surface area contributed by atoms with E-state index in [-0.39, 0.29) is 18.6 Å². The molecule has 0 bridgehead atoms. The van der Waals surface area contributed by atoms with E-state index in [0.29, 0.717) is 0 Å². The van der Waals surface area contributed by atoms with Crippen LogP contribution in [0.3, 0.4) is 0 Å². The molecule has 1 amide bonds. The Morgan fingerprint density at radius 3 is 2.93 bits per heavy atom. The van der Waals surface area contributed by atoms with Gasteiger partial charge in [0.05, 0.1) is 6.10 Å². The van der Waals surface area contributed by atoms with Gasteiger partial charge in [0.15, 0.2) is 0 Å². The van der Waals surface area contributed by atoms with Gasteiger partial charge in [-0.1, -0.05) is 0 Å². The number of amides is 1. The molecule has 86 valence electrons. The number of carbonyl (C=O) groups excluding carboxylic acids is 1. The predicted octanol–water partition coefficient (Wildman–Crippen LogP) is 0.281. The largest absolute Gasteiger partial charge is 0.367 e. The molecule has 2 rings (SSSR count). The standard InChI is InChI=1S/C11H20N2O2/c14-11(13-6-9-3-4-9)8-15-10-2-1-5-12-7-10/h9-10,12H,1-8H2,(H,13,14). The van der Waals surface area contributed by atoms with Crippen LogP contribution in [-0.4, -0.2) is 38.3 Å². The van der Waals surface area contributed by atoms with Crippen molar-refractivity contribution in [3.05, 3.63) is 0 Å². The molecule has 0 radical (unpaired) electrons. The maximum absolute atomic E-state index is 11.4. The van der Waals surface area contributed by atoms with Crippen molar-refractivity contribution in [2.75, 3.05) is 26.2 Å². The van der Waals surface area contributed by atoms with Crippen LogP contribution >= 0.6 is 0 Å². The summed E-state index contributed by atoms with van der Waals surface area (Å²) in [4.78, 5) is 11.4. The molecule has 0 aromatic rings. The summed E-state index contributed by atoms with van der Waals surface area (Å²) in [5.41, 5.74) is 0. The quantitative estimate of drug-likeness (QED) is 0.688. The van der Waals surface area contributed by atoms with Gasteiger partial charge in [0.2, 0.25) is 5.91 Å². The molecule has 4 heteroatoms. The molecule has 1 unspecified atom stereocenters. The summed E-state index contributed by atoms with van der Waals surface area (Å²) < 4.78 is 5.52. The molecule has 4 nitrogen and oxygen atoms in total. The van der Waals surface area contributed by atoms with E-state index >= 15 is 0 Å². The summed E-state index contributed by atoms with van der Waals surface area (Å²) in [6, 6.07) is 0. The lowest BCUT2D eigenvalue weighted by molar-refractivity contribution is -0.128. The Hall–Kier alpha value is -0.610. The lowest BCUT2D eigenvalue weighted by Gasteiger charge is -2.22. The summed E-state index contributed by atoms with van der Waals surface area (Å²) in [6.07, 6.45) is 4.99. The fourth-order valence-electron chi connectivity index (χ4n) is 1.79. The van der Waals surface area contributed by atoms with Gasteiger partial charge in [-0.15, -0.1) is 0 Å². The average Bonchev–Trinajstić information content (AvgIpc) is 3.09. The van der Waals surface area contributed by atoms with E-state index in [0.717, 1.165) is 38.4 Å². The topological polar surface area (TPSA) is 50.4 Å². The zero-order valence-corrected chi connectivity index (χ0v) is 9.13. The minimum atomic E-state index is 0.0347. The Kier molecular flexibility index (Phi) is 3.97. The molecule has 2 N–H and O–H groups in total. The minimum absolute atomic E-state index is 0.0347. The normalized spacial score (nSPS) is 26.3. The molecule has 2 aliphatic rings. The van der Waals surface area contributed by atoms with Gasteiger partial charge in [0, 0.05) is 13.1 Å². The Bertz CT molecular complexity index is 211. The number of nitrogens with one attached hydrogen (secondary N) is 2. The first-order chi connectivity index (χ1) is 7.34. The predicted molar refractivity (Wildman–Crippen MR) is 57.6 cm³/mol. The van der Waals surface area contributed by atoms with Crippen LogP contribution in [0.1, 0.15) is 25.7 Å². The molecular formula is C11H20N2O2. The zero-order chi connectivity index (χ0) is 10.5. The fraction of sp³-hybridized carbons (Fsp3) is 0.909. The van der Waals surface area contributed by atoms with Gasteiger partial charge in [-0.2, -0.15) is 0 Å². The second-order valence-electron chi connectivity index (χ2n) is 4.53. The molecule has 0 spiro atoms. The maximum Gasteiger partial charge on any atom is 0.246 e. The van der Waals surface area contributed by atoms with Crippen LogP contribution in [0.2, 0.25) is 0 Å². The van der Waals surface area contributed by atoms with Crippen molar-refractivity contribution in [3.8, 4) is 0 Å². The highest BCUT2D eigenvalue weighted by molar-refractivity contribution is 5.77. The number of rotatable bonds is 5. The zero-order valence-electron chi connectivity index (χ0n) is 9.13. The molecule has 0 aromatic carbocycles. The SMILES string of the molecule is O=C(COC1CCCNC1)NCC1CC1. The van der Waals surface area contributed by atoms with E-state index in [2.05, 4.69) is 10.6 Å². The molecule has 1 saturated heterocycles. The van der Waals surface area contributed by atoms with Crippen LogP contribution in [0.25, 0.3) is 0 Å². The Balaban J connectivity index is 1.53. The number of ether oxygens (including phenoxy) is 1. The lowest BCUT2D eigenvalue weighted by Crippen LogP contribution is -2.38. The lowest BCUT2D eigenvalue weighted by atomic mass is 10.1. The molecule has 1 saturated carbocycles. The van der Waals surface area contributed by atoms with Crippen LogP contribution in [0.15, 0.2) is 0 Å². The average molecular weight is 212 g/mol. The summed E-state index contributed by atoms with van der Waals surface area (Å²) >= 11 is 0. The summed E-state index contributed by atoms with van der Waals surface area (Å²) in [7, 11) is 0. The van der Waals surface area contributed by atoms with E-state index in [1.807, 2.05) is 0 Å². The van der Waals surface area contributed by atoms with Crippen LogP contribution in [0.5, 0.6) is 0 Å². The minimum Gasteiger partial charge on any atom is -0.367 e. The van der Waals surface area contributed by atoms with Crippen molar-refractivity contribution >= 4 is 5.91 Å². The first kappa shape index (κ1) is 10.9. The summed E-state index contributed by atoms with van der Waals surface area (Å²) in [5, 5.41) is 6.16. The highest BCUT2D eigenvalue weighted by Gasteiger charge is 2.22. The number of carbonyl (C=O) groups is 1. The smallest absolute Gasteiger partial charge is 0.246 e. The van der Waals surface area contributed by atoms with Crippen molar-refractivity contribution in [2.45, 2.75) is 31.8 Å². The van der Waals surface area contributed by atoms with Gasteiger partial charge in [-0.25, -0.2) is 0 Å². The third-order valence-electron chi connectivity index (χ3n) is 2.99. The van der Waals surface area contributed by atoms with E-state index in [9.17, 15) is 4.79 Å². The first-order valence-corrected chi connectivity index (χ1v) is 5.93. The van der Waals surface area contributed by atoms with Crippen molar-refractivity contribution in [1.29, 1.82) is 0 Å². The van der Waals surface area contributed by atoms with Crippen molar-refractivity contribution in [3.63, 3.8) is 0 Å². The molecule has 0 aromatic heterocycles. The second kappa shape index (κ2) is 5.47. The van der Waals surface area contributed by atoms with Gasteiger partial charge >= 0.3 is 0 Å². The fourth-order valence-corrected chi connectivity index (χ4v) is 1.79. The number of hydrogen-bond acceptors (Lipinski definition) is 3. The molecule has 1 heterocycles. The third kappa shape index (κ3) is 4.18. The summed E-state index contributed by atoms with van der Waals surface area (Å²) in [6.45, 7) is 3.02. The molecule has 15 heavy (non-hydrogen) atoms. The van der Waals surface area contributed by atoms with Crippen LogP contribution in [-0.2, 0) is 9.53 Å². The van der Waals surface area contributed by atoms with E-state index < -0.39 is 0 Å². The van der Waals surface area contributed by atoms with Gasteiger partial charge in [0.1, 0.15) is 6.61 Å². The van der Waals surface area contributed by atoms with Gasteiger partial charge in [-0.05, 0) is 38.1 Å². The van der Waals surface area contributed by atoms with Crippen LogP contribution < -0.4 is 10.6 Å². The highest BCUT2D eigenvalue weighted by atomic mass is 16.5. The van der Waals surface area contributed by atoms with Crippen molar-refractivity contribution < 1.29 is 9.53 Å². The van der Waals surface area contributed by atoms with Gasteiger partial charge < -0.3 is 15.4 Å². The molecular weight excluding hydrogens is 192 g/mol. The van der Waals surface area contributed by atoms with Crippen molar-refractivity contribution in [1.82, 2.24) is 10.6 Å². The molecule has 1 atom stereocenters. The Morgan fingerprint density at radius 2 is 2.27 bits per heavy atom. The van der Waals surface area contributed by atoms with Crippen LogP contribution in [0, 0.1) is 5.92 Å². The third-order valence-corrected chi connectivity index (χ3v) is 2.99. The van der Waals surface area contributed by atoms with E-state index in [1.165, 1.54) is 12.8 Å². The van der Waals surface area contributed by atoms with Crippen molar-refractivity contribution in [2.24, 2.45) is 5.92 Å². The summed E-state index contributed by atoms with van der Waals surface area (Å²) in [5.74, 6) is 0.776. The van der Waals surface area contributed by atoms with Gasteiger partial charge in [0.25, 0.3) is 0 Å². The highest BCUT2D eigenvalue weighted by Crippen LogP contribution is 2.27. The Morgan fingerprint density at radius 1 is 1.40 bits per heavy atom.